The molecule has 0 heterocycles. The fourth-order valence-corrected chi connectivity index (χ4v) is 1.02. The Balaban J connectivity index is 2.11. The van der Waals surface area contributed by atoms with E-state index < -0.39 is 6.09 Å². The topological polar surface area (TPSA) is 67.8 Å². The van der Waals surface area contributed by atoms with Gasteiger partial charge in [-0.1, -0.05) is 30.3 Å². The maximum absolute atomic E-state index is 11.1. The molecule has 0 aliphatic heterocycles. The van der Waals surface area contributed by atoms with Gasteiger partial charge in [-0.05, 0) is 5.56 Å². The molecule has 0 aliphatic rings. The lowest BCUT2D eigenvalue weighted by Crippen LogP contribution is -2.27. The SMILES string of the molecule is O=C(NCOCCO)OCc1ccccc1. The van der Waals surface area contributed by atoms with Crippen molar-refractivity contribution in [3.8, 4) is 0 Å². The molecule has 0 aromatic heterocycles. The fourth-order valence-electron chi connectivity index (χ4n) is 1.02. The monoisotopic (exact) mass is 225 g/mol. The molecule has 5 heteroatoms. The molecule has 88 valence electrons. The Morgan fingerprint density at radius 1 is 1.31 bits per heavy atom. The van der Waals surface area contributed by atoms with Crippen LogP contribution in [0.3, 0.4) is 0 Å². The first-order chi connectivity index (χ1) is 7.83. The number of alkyl carbamates (subject to hydrolysis) is 1. The number of rotatable bonds is 6. The number of aliphatic hydroxyl groups is 1. The number of carbonyl (C=O) groups excluding carboxylic acids is 1. The Hall–Kier alpha value is -1.59. The summed E-state index contributed by atoms with van der Waals surface area (Å²) in [7, 11) is 0. The van der Waals surface area contributed by atoms with Gasteiger partial charge in [0.25, 0.3) is 0 Å². The van der Waals surface area contributed by atoms with Crippen LogP contribution in [0.4, 0.5) is 4.79 Å². The molecular formula is C11H15NO4. The Bertz CT molecular complexity index is 302. The molecule has 5 nitrogen and oxygen atoms in total. The molecule has 16 heavy (non-hydrogen) atoms. The summed E-state index contributed by atoms with van der Waals surface area (Å²) in [5.74, 6) is 0. The summed E-state index contributed by atoms with van der Waals surface area (Å²) in [6.07, 6.45) is -0.540. The van der Waals surface area contributed by atoms with Crippen LogP contribution in [0.15, 0.2) is 30.3 Å². The summed E-state index contributed by atoms with van der Waals surface area (Å²) >= 11 is 0. The lowest BCUT2D eigenvalue weighted by atomic mass is 10.2. The Kier molecular flexibility index (Phi) is 5.98. The maximum Gasteiger partial charge on any atom is 0.409 e. The minimum Gasteiger partial charge on any atom is -0.445 e. The molecule has 0 atom stereocenters. The number of benzene rings is 1. The van der Waals surface area contributed by atoms with Crippen LogP contribution in [0.5, 0.6) is 0 Å². The van der Waals surface area contributed by atoms with E-state index in [0.29, 0.717) is 0 Å². The van der Waals surface area contributed by atoms with Crippen molar-refractivity contribution in [1.29, 1.82) is 0 Å². The third-order valence-corrected chi connectivity index (χ3v) is 1.77. The highest BCUT2D eigenvalue weighted by Crippen LogP contribution is 2.00. The zero-order chi connectivity index (χ0) is 11.6. The molecule has 0 fully saturated rings. The lowest BCUT2D eigenvalue weighted by molar-refractivity contribution is 0.0699. The van der Waals surface area contributed by atoms with Gasteiger partial charge < -0.3 is 14.6 Å². The van der Waals surface area contributed by atoms with Gasteiger partial charge in [0, 0.05) is 0 Å². The molecule has 1 aromatic rings. The molecule has 1 amide bonds. The molecule has 0 unspecified atom stereocenters. The van der Waals surface area contributed by atoms with Gasteiger partial charge in [0.05, 0.1) is 13.2 Å². The highest BCUT2D eigenvalue weighted by atomic mass is 16.6. The van der Waals surface area contributed by atoms with Crippen LogP contribution >= 0.6 is 0 Å². The van der Waals surface area contributed by atoms with Crippen molar-refractivity contribution in [2.24, 2.45) is 0 Å². The summed E-state index contributed by atoms with van der Waals surface area (Å²) in [6, 6.07) is 9.39. The van der Waals surface area contributed by atoms with Crippen LogP contribution in [-0.4, -0.2) is 31.1 Å². The molecule has 1 rings (SSSR count). The first-order valence-electron chi connectivity index (χ1n) is 4.96. The van der Waals surface area contributed by atoms with E-state index in [9.17, 15) is 4.79 Å². The molecule has 0 spiro atoms. The lowest BCUT2D eigenvalue weighted by Gasteiger charge is -2.06. The molecule has 0 saturated carbocycles. The highest BCUT2D eigenvalue weighted by molar-refractivity contribution is 5.66. The number of amides is 1. The second-order valence-electron chi connectivity index (χ2n) is 3.01. The van der Waals surface area contributed by atoms with E-state index in [4.69, 9.17) is 14.6 Å². The molecule has 2 N–H and O–H groups in total. The summed E-state index contributed by atoms with van der Waals surface area (Å²) in [4.78, 5) is 11.1. The van der Waals surface area contributed by atoms with Crippen LogP contribution in [-0.2, 0) is 16.1 Å². The molecule has 0 aliphatic carbocycles. The number of aliphatic hydroxyl groups excluding tert-OH is 1. The first kappa shape index (κ1) is 12.5. The van der Waals surface area contributed by atoms with E-state index in [-0.39, 0.29) is 26.6 Å². The third kappa shape index (κ3) is 5.33. The number of hydrogen-bond donors (Lipinski definition) is 2. The number of carbonyl (C=O) groups is 1. The van der Waals surface area contributed by atoms with E-state index in [1.807, 2.05) is 30.3 Å². The minimum absolute atomic E-state index is 0.0359. The number of hydrogen-bond acceptors (Lipinski definition) is 4. The van der Waals surface area contributed by atoms with E-state index in [1.54, 1.807) is 0 Å². The van der Waals surface area contributed by atoms with Crippen molar-refractivity contribution < 1.29 is 19.4 Å². The van der Waals surface area contributed by atoms with E-state index in [0.717, 1.165) is 5.56 Å². The van der Waals surface area contributed by atoms with Crippen LogP contribution in [0.2, 0.25) is 0 Å². The predicted molar refractivity (Wildman–Crippen MR) is 57.7 cm³/mol. The third-order valence-electron chi connectivity index (χ3n) is 1.77. The molecular weight excluding hydrogens is 210 g/mol. The van der Waals surface area contributed by atoms with Crippen LogP contribution in [0.25, 0.3) is 0 Å². The zero-order valence-corrected chi connectivity index (χ0v) is 8.89. The van der Waals surface area contributed by atoms with Gasteiger partial charge in [0.15, 0.2) is 0 Å². The Morgan fingerprint density at radius 2 is 2.06 bits per heavy atom. The summed E-state index contributed by atoms with van der Waals surface area (Å²) in [6.45, 7) is 0.389. The van der Waals surface area contributed by atoms with E-state index in [1.165, 1.54) is 0 Å². The van der Waals surface area contributed by atoms with E-state index in [2.05, 4.69) is 5.32 Å². The number of ether oxygens (including phenoxy) is 2. The molecule has 0 saturated heterocycles. The minimum atomic E-state index is -0.540. The van der Waals surface area contributed by atoms with Crippen LogP contribution in [0.1, 0.15) is 5.56 Å². The Labute approximate surface area is 94.0 Å². The zero-order valence-electron chi connectivity index (χ0n) is 8.89. The van der Waals surface area contributed by atoms with Gasteiger partial charge in [-0.3, -0.25) is 5.32 Å². The van der Waals surface area contributed by atoms with Gasteiger partial charge in [-0.25, -0.2) is 4.79 Å². The van der Waals surface area contributed by atoms with Gasteiger partial charge in [-0.2, -0.15) is 0 Å². The van der Waals surface area contributed by atoms with Gasteiger partial charge >= 0.3 is 6.09 Å². The van der Waals surface area contributed by atoms with Crippen molar-refractivity contribution in [1.82, 2.24) is 5.32 Å². The molecule has 0 radical (unpaired) electrons. The largest absolute Gasteiger partial charge is 0.445 e. The van der Waals surface area contributed by atoms with Crippen molar-refractivity contribution in [3.63, 3.8) is 0 Å². The van der Waals surface area contributed by atoms with Crippen LogP contribution in [0, 0.1) is 0 Å². The smallest absolute Gasteiger partial charge is 0.409 e. The Morgan fingerprint density at radius 3 is 2.75 bits per heavy atom. The standard InChI is InChI=1S/C11H15NO4/c13-6-7-15-9-12-11(14)16-8-10-4-2-1-3-5-10/h1-5,13H,6-9H2,(H,12,14). The quantitative estimate of drug-likeness (QED) is 0.557. The van der Waals surface area contributed by atoms with Crippen molar-refractivity contribution in [2.75, 3.05) is 19.9 Å². The summed E-state index contributed by atoms with van der Waals surface area (Å²) in [5, 5.41) is 10.8. The molecule has 1 aromatic carbocycles. The van der Waals surface area contributed by atoms with E-state index >= 15 is 0 Å². The average molecular weight is 225 g/mol. The van der Waals surface area contributed by atoms with Crippen molar-refractivity contribution in [3.05, 3.63) is 35.9 Å². The fraction of sp³-hybridized carbons (Fsp3) is 0.364. The average Bonchev–Trinajstić information content (AvgIpc) is 2.33. The van der Waals surface area contributed by atoms with Crippen LogP contribution < -0.4 is 5.32 Å². The van der Waals surface area contributed by atoms with Crippen molar-refractivity contribution in [2.45, 2.75) is 6.61 Å². The second-order valence-corrected chi connectivity index (χ2v) is 3.01. The second kappa shape index (κ2) is 7.67. The van der Waals surface area contributed by atoms with Gasteiger partial charge in [0.1, 0.15) is 13.3 Å². The van der Waals surface area contributed by atoms with Gasteiger partial charge in [-0.15, -0.1) is 0 Å². The first-order valence-corrected chi connectivity index (χ1v) is 4.96. The predicted octanol–water partition coefficient (Wildman–Crippen LogP) is 0.879. The summed E-state index contributed by atoms with van der Waals surface area (Å²) < 4.78 is 9.76. The number of nitrogens with one attached hydrogen (secondary N) is 1. The summed E-state index contributed by atoms with van der Waals surface area (Å²) in [5.41, 5.74) is 0.925. The van der Waals surface area contributed by atoms with Gasteiger partial charge in [0.2, 0.25) is 0 Å². The highest BCUT2D eigenvalue weighted by Gasteiger charge is 2.00. The normalized spacial score (nSPS) is 9.81. The maximum atomic E-state index is 11.1. The van der Waals surface area contributed by atoms with Crippen molar-refractivity contribution >= 4 is 6.09 Å². The molecule has 0 bridgehead atoms.